The van der Waals surface area contributed by atoms with Crippen molar-refractivity contribution in [2.24, 2.45) is 0 Å². The van der Waals surface area contributed by atoms with Crippen LogP contribution in [0.4, 0.5) is 0 Å². The third-order valence-electron chi connectivity index (χ3n) is 2.66. The molecule has 0 aliphatic rings. The molecule has 18 heavy (non-hydrogen) atoms. The maximum Gasteiger partial charge on any atom is 0.120 e. The Bertz CT molecular complexity index is 557. The van der Waals surface area contributed by atoms with Gasteiger partial charge in [0.25, 0.3) is 0 Å². The van der Waals surface area contributed by atoms with Gasteiger partial charge in [0.1, 0.15) is 5.75 Å². The van der Waals surface area contributed by atoms with E-state index < -0.39 is 0 Å². The maximum absolute atomic E-state index is 5.21. The molecule has 94 valence electrons. The highest BCUT2D eigenvalue weighted by atomic mass is 127. The summed E-state index contributed by atoms with van der Waals surface area (Å²) in [6, 6.07) is 14.4. The minimum Gasteiger partial charge on any atom is -0.497 e. The van der Waals surface area contributed by atoms with E-state index in [1.54, 1.807) is 7.11 Å². The Kier molecular flexibility index (Phi) is 5.09. The smallest absolute Gasteiger partial charge is 0.120 e. The minimum atomic E-state index is 0.172. The first-order chi connectivity index (χ1) is 8.63. The molecule has 0 amide bonds. The van der Waals surface area contributed by atoms with Crippen LogP contribution in [0.2, 0.25) is 0 Å². The highest BCUT2D eigenvalue weighted by molar-refractivity contribution is 14.1. The van der Waals surface area contributed by atoms with Crippen molar-refractivity contribution in [2.75, 3.05) is 7.11 Å². The molecule has 0 N–H and O–H groups in total. The van der Waals surface area contributed by atoms with E-state index in [-0.39, 0.29) is 4.83 Å². The van der Waals surface area contributed by atoms with Crippen LogP contribution in [-0.4, -0.2) is 7.11 Å². The lowest BCUT2D eigenvalue weighted by Gasteiger charge is -2.15. The summed E-state index contributed by atoms with van der Waals surface area (Å²) in [6.45, 7) is 0. The lowest BCUT2D eigenvalue weighted by Crippen LogP contribution is -1.97. The SMILES string of the molecule is COc1ccc(C(Br)c2ccccc2I)c(Br)c1. The Morgan fingerprint density at radius 2 is 1.83 bits per heavy atom. The molecule has 0 radical (unpaired) electrons. The highest BCUT2D eigenvalue weighted by Crippen LogP contribution is 2.38. The van der Waals surface area contributed by atoms with Gasteiger partial charge in [-0.2, -0.15) is 0 Å². The van der Waals surface area contributed by atoms with Gasteiger partial charge in [-0.25, -0.2) is 0 Å². The first-order valence-electron chi connectivity index (χ1n) is 5.35. The van der Waals surface area contributed by atoms with Crippen LogP contribution >= 0.6 is 54.5 Å². The predicted molar refractivity (Wildman–Crippen MR) is 90.6 cm³/mol. The summed E-state index contributed by atoms with van der Waals surface area (Å²) >= 11 is 9.72. The number of halogens is 3. The Morgan fingerprint density at radius 3 is 2.44 bits per heavy atom. The molecule has 1 atom stereocenters. The summed E-state index contributed by atoms with van der Waals surface area (Å²) in [6.07, 6.45) is 0. The first-order valence-corrected chi connectivity index (χ1v) is 8.14. The second-order valence-corrected chi connectivity index (χ2v) is 6.70. The Labute approximate surface area is 137 Å². The molecule has 0 fully saturated rings. The van der Waals surface area contributed by atoms with Crippen molar-refractivity contribution in [3.8, 4) is 5.75 Å². The molecule has 1 unspecified atom stereocenters. The number of hydrogen-bond acceptors (Lipinski definition) is 1. The summed E-state index contributed by atoms with van der Waals surface area (Å²) in [5.41, 5.74) is 2.46. The van der Waals surface area contributed by atoms with Crippen LogP contribution in [0.5, 0.6) is 5.75 Å². The molecule has 2 aromatic rings. The van der Waals surface area contributed by atoms with Crippen LogP contribution in [0.25, 0.3) is 0 Å². The van der Waals surface area contributed by atoms with E-state index >= 15 is 0 Å². The maximum atomic E-state index is 5.21. The van der Waals surface area contributed by atoms with Crippen molar-refractivity contribution in [2.45, 2.75) is 4.83 Å². The van der Waals surface area contributed by atoms with E-state index in [0.717, 1.165) is 10.2 Å². The largest absolute Gasteiger partial charge is 0.497 e. The lowest BCUT2D eigenvalue weighted by molar-refractivity contribution is 0.414. The third kappa shape index (κ3) is 3.08. The van der Waals surface area contributed by atoms with E-state index in [4.69, 9.17) is 4.74 Å². The molecule has 2 rings (SSSR count). The zero-order valence-electron chi connectivity index (χ0n) is 9.66. The van der Waals surface area contributed by atoms with Crippen molar-refractivity contribution >= 4 is 54.5 Å². The topological polar surface area (TPSA) is 9.23 Å². The van der Waals surface area contributed by atoms with Crippen LogP contribution in [0.1, 0.15) is 16.0 Å². The van der Waals surface area contributed by atoms with Crippen LogP contribution in [0.3, 0.4) is 0 Å². The molecule has 2 aromatic carbocycles. The van der Waals surface area contributed by atoms with Gasteiger partial charge in [0.05, 0.1) is 11.9 Å². The van der Waals surface area contributed by atoms with E-state index in [0.29, 0.717) is 0 Å². The molecule has 0 aliphatic carbocycles. The van der Waals surface area contributed by atoms with Crippen LogP contribution in [-0.2, 0) is 0 Å². The monoisotopic (exact) mass is 480 g/mol. The molecule has 0 aromatic heterocycles. The Morgan fingerprint density at radius 1 is 1.11 bits per heavy atom. The van der Waals surface area contributed by atoms with Crippen molar-refractivity contribution in [1.29, 1.82) is 0 Å². The van der Waals surface area contributed by atoms with Gasteiger partial charge in [-0.1, -0.05) is 56.1 Å². The molecule has 0 aliphatic heterocycles. The van der Waals surface area contributed by atoms with Gasteiger partial charge in [0.15, 0.2) is 0 Å². The molecule has 4 heteroatoms. The molecular formula is C14H11Br2IO. The zero-order chi connectivity index (χ0) is 13.1. The minimum absolute atomic E-state index is 0.172. The molecule has 0 saturated carbocycles. The van der Waals surface area contributed by atoms with E-state index in [9.17, 15) is 0 Å². The van der Waals surface area contributed by atoms with Crippen molar-refractivity contribution in [3.63, 3.8) is 0 Å². The summed E-state index contributed by atoms with van der Waals surface area (Å²) in [5.74, 6) is 0.855. The zero-order valence-corrected chi connectivity index (χ0v) is 15.0. The molecule has 0 heterocycles. The van der Waals surface area contributed by atoms with Crippen molar-refractivity contribution in [3.05, 3.63) is 61.6 Å². The van der Waals surface area contributed by atoms with E-state index in [2.05, 4.69) is 78.7 Å². The Hall–Kier alpha value is -0.0700. The summed E-state index contributed by atoms with van der Waals surface area (Å²) in [4.78, 5) is 0.172. The molecule has 0 saturated heterocycles. The van der Waals surface area contributed by atoms with Crippen LogP contribution in [0.15, 0.2) is 46.9 Å². The number of ether oxygens (including phenoxy) is 1. The van der Waals surface area contributed by atoms with E-state index in [1.807, 2.05) is 18.2 Å². The average Bonchev–Trinajstić information content (AvgIpc) is 2.38. The number of hydrogen-bond donors (Lipinski definition) is 0. The average molecular weight is 482 g/mol. The number of benzene rings is 2. The third-order valence-corrected chi connectivity index (χ3v) is 5.31. The van der Waals surface area contributed by atoms with Gasteiger partial charge >= 0.3 is 0 Å². The second kappa shape index (κ2) is 6.39. The normalized spacial score (nSPS) is 12.2. The second-order valence-electron chi connectivity index (χ2n) is 3.77. The molecule has 0 bridgehead atoms. The quantitative estimate of drug-likeness (QED) is 0.413. The lowest BCUT2D eigenvalue weighted by atomic mass is 10.0. The van der Waals surface area contributed by atoms with Gasteiger partial charge in [0, 0.05) is 8.04 Å². The molecule has 0 spiro atoms. The van der Waals surface area contributed by atoms with E-state index in [1.165, 1.54) is 14.7 Å². The van der Waals surface area contributed by atoms with Crippen LogP contribution < -0.4 is 4.74 Å². The van der Waals surface area contributed by atoms with Crippen LogP contribution in [0, 0.1) is 3.57 Å². The summed E-state index contributed by atoms with van der Waals surface area (Å²) < 4.78 is 7.51. The standard InChI is InChI=1S/C14H11Br2IO/c1-18-9-6-7-10(12(15)8-9)14(16)11-4-2-3-5-13(11)17/h2-8,14H,1H3. The predicted octanol–water partition coefficient (Wildman–Crippen LogP) is 5.55. The number of methoxy groups -OCH3 is 1. The van der Waals surface area contributed by atoms with Gasteiger partial charge in [0.2, 0.25) is 0 Å². The van der Waals surface area contributed by atoms with Crippen molar-refractivity contribution < 1.29 is 4.74 Å². The summed E-state index contributed by atoms with van der Waals surface area (Å²) in [7, 11) is 1.67. The first kappa shape index (κ1) is 14.3. The fourth-order valence-corrected chi connectivity index (χ4v) is 4.51. The number of alkyl halides is 1. The highest BCUT2D eigenvalue weighted by Gasteiger charge is 2.16. The fraction of sp³-hybridized carbons (Fsp3) is 0.143. The molecular weight excluding hydrogens is 471 g/mol. The van der Waals surface area contributed by atoms with Gasteiger partial charge < -0.3 is 4.74 Å². The summed E-state index contributed by atoms with van der Waals surface area (Å²) in [5, 5.41) is 0. The number of rotatable bonds is 3. The fourth-order valence-electron chi connectivity index (χ4n) is 1.69. The Balaban J connectivity index is 2.40. The van der Waals surface area contributed by atoms with Gasteiger partial charge in [-0.15, -0.1) is 0 Å². The van der Waals surface area contributed by atoms with Crippen molar-refractivity contribution in [1.82, 2.24) is 0 Å². The molecule has 1 nitrogen and oxygen atoms in total. The van der Waals surface area contributed by atoms with Gasteiger partial charge in [-0.3, -0.25) is 0 Å². The van der Waals surface area contributed by atoms with Gasteiger partial charge in [-0.05, 0) is 51.9 Å².